The van der Waals surface area contributed by atoms with Gasteiger partial charge in [0, 0.05) is 3.57 Å². The summed E-state index contributed by atoms with van der Waals surface area (Å²) in [6, 6.07) is 18.3. The van der Waals surface area contributed by atoms with Gasteiger partial charge in [-0.1, -0.05) is 42.5 Å². The maximum atomic E-state index is 11.8. The quantitative estimate of drug-likeness (QED) is 0.306. The van der Waals surface area contributed by atoms with Gasteiger partial charge in [-0.15, -0.1) is 0 Å². The van der Waals surface area contributed by atoms with Gasteiger partial charge < -0.3 is 0 Å². The van der Waals surface area contributed by atoms with Crippen LogP contribution in [-0.4, -0.2) is 23.1 Å². The fourth-order valence-electron chi connectivity index (χ4n) is 1.96. The van der Waals surface area contributed by atoms with Crippen LogP contribution in [0.1, 0.15) is 18.1 Å². The molecule has 120 valence electrons. The first-order valence-corrected chi connectivity index (χ1v) is 9.59. The van der Waals surface area contributed by atoms with Crippen LogP contribution in [0.4, 0.5) is 0 Å². The fourth-order valence-corrected chi connectivity index (χ4v) is 3.27. The number of hydrogen-bond acceptors (Lipinski definition) is 3. The van der Waals surface area contributed by atoms with Gasteiger partial charge in [0.05, 0.1) is 11.5 Å². The summed E-state index contributed by atoms with van der Waals surface area (Å²) in [5.41, 5.74) is 5.76. The standard InChI is InChI=1S/C18H19IN2OS/c1-14(16-8-5-9-17(19)12-16)20-21-18(22)13-23-11-10-15-6-3-2-4-7-15/h2-9,12H,10-11,13H2,1H3,(H,21,22)/b20-14-. The van der Waals surface area contributed by atoms with Crippen LogP contribution in [-0.2, 0) is 11.2 Å². The minimum Gasteiger partial charge on any atom is -0.272 e. The number of nitrogens with one attached hydrogen (secondary N) is 1. The maximum Gasteiger partial charge on any atom is 0.250 e. The molecule has 2 rings (SSSR count). The average Bonchev–Trinajstić information content (AvgIpc) is 2.57. The molecule has 0 fully saturated rings. The van der Waals surface area contributed by atoms with Gasteiger partial charge in [-0.2, -0.15) is 16.9 Å². The molecule has 0 unspecified atom stereocenters. The van der Waals surface area contributed by atoms with E-state index in [0.717, 1.165) is 27.0 Å². The van der Waals surface area contributed by atoms with Crippen molar-refractivity contribution in [3.8, 4) is 0 Å². The molecule has 2 aromatic rings. The molecule has 3 nitrogen and oxygen atoms in total. The molecule has 2 aromatic carbocycles. The maximum absolute atomic E-state index is 11.8. The van der Waals surface area contributed by atoms with E-state index in [4.69, 9.17) is 0 Å². The van der Waals surface area contributed by atoms with E-state index in [2.05, 4.69) is 45.3 Å². The number of benzene rings is 2. The van der Waals surface area contributed by atoms with Gasteiger partial charge in [0.2, 0.25) is 5.91 Å². The van der Waals surface area contributed by atoms with Crippen LogP contribution < -0.4 is 5.43 Å². The monoisotopic (exact) mass is 438 g/mol. The zero-order valence-electron chi connectivity index (χ0n) is 13.0. The van der Waals surface area contributed by atoms with Crippen molar-refractivity contribution >= 4 is 46.0 Å². The minimum absolute atomic E-state index is 0.0620. The van der Waals surface area contributed by atoms with Crippen molar-refractivity contribution in [2.24, 2.45) is 5.10 Å². The van der Waals surface area contributed by atoms with Gasteiger partial charge in [-0.25, -0.2) is 5.43 Å². The number of rotatable bonds is 7. The molecule has 0 spiro atoms. The van der Waals surface area contributed by atoms with E-state index in [1.807, 2.05) is 49.4 Å². The van der Waals surface area contributed by atoms with Gasteiger partial charge in [0.25, 0.3) is 0 Å². The molecule has 0 aliphatic carbocycles. The van der Waals surface area contributed by atoms with Gasteiger partial charge in [0.1, 0.15) is 0 Å². The second-order valence-corrected chi connectivity index (χ2v) is 7.38. The predicted molar refractivity (Wildman–Crippen MR) is 107 cm³/mol. The molecule has 0 radical (unpaired) electrons. The zero-order valence-corrected chi connectivity index (χ0v) is 15.9. The summed E-state index contributed by atoms with van der Waals surface area (Å²) in [7, 11) is 0. The van der Waals surface area contributed by atoms with Crippen LogP contribution in [0.25, 0.3) is 0 Å². The number of carbonyl (C=O) groups is 1. The highest BCUT2D eigenvalue weighted by Gasteiger charge is 2.02. The Morgan fingerprint density at radius 3 is 2.70 bits per heavy atom. The van der Waals surface area contributed by atoms with Crippen LogP contribution in [0, 0.1) is 3.57 Å². The first-order chi connectivity index (χ1) is 11.1. The molecular weight excluding hydrogens is 419 g/mol. The van der Waals surface area contributed by atoms with Crippen LogP contribution in [0.15, 0.2) is 59.7 Å². The van der Waals surface area contributed by atoms with E-state index in [0.29, 0.717) is 5.75 Å². The van der Waals surface area contributed by atoms with E-state index < -0.39 is 0 Å². The topological polar surface area (TPSA) is 41.5 Å². The van der Waals surface area contributed by atoms with Crippen LogP contribution in [0.5, 0.6) is 0 Å². The summed E-state index contributed by atoms with van der Waals surface area (Å²) in [5, 5.41) is 4.17. The highest BCUT2D eigenvalue weighted by atomic mass is 127. The Labute approximate surface area is 155 Å². The third-order valence-corrected chi connectivity index (χ3v) is 4.83. The number of amides is 1. The second kappa shape index (κ2) is 9.72. The van der Waals surface area contributed by atoms with Gasteiger partial charge >= 0.3 is 0 Å². The Bertz CT molecular complexity index is 674. The molecule has 23 heavy (non-hydrogen) atoms. The molecule has 0 heterocycles. The first-order valence-electron chi connectivity index (χ1n) is 7.36. The second-order valence-electron chi connectivity index (χ2n) is 5.03. The largest absolute Gasteiger partial charge is 0.272 e. The Balaban J connectivity index is 1.71. The van der Waals surface area contributed by atoms with E-state index in [1.54, 1.807) is 11.8 Å². The summed E-state index contributed by atoms with van der Waals surface area (Å²) in [5.74, 6) is 1.29. The molecular formula is C18H19IN2OS. The Kier molecular flexibility index (Phi) is 7.61. The lowest BCUT2D eigenvalue weighted by Gasteiger charge is -2.04. The van der Waals surface area contributed by atoms with Crippen LogP contribution >= 0.6 is 34.4 Å². The molecule has 0 aliphatic heterocycles. The molecule has 0 aromatic heterocycles. The van der Waals surface area contributed by atoms with Gasteiger partial charge in [-0.05, 0) is 64.9 Å². The molecule has 0 saturated carbocycles. The predicted octanol–water partition coefficient (Wildman–Crippen LogP) is 4.11. The summed E-state index contributed by atoms with van der Waals surface area (Å²) in [4.78, 5) is 11.8. The van der Waals surface area contributed by atoms with Crippen molar-refractivity contribution in [2.75, 3.05) is 11.5 Å². The number of nitrogens with zero attached hydrogens (tertiary/aromatic N) is 1. The number of hydrazone groups is 1. The molecule has 0 atom stereocenters. The molecule has 1 N–H and O–H groups in total. The number of hydrogen-bond donors (Lipinski definition) is 1. The highest BCUT2D eigenvalue weighted by Crippen LogP contribution is 2.09. The zero-order chi connectivity index (χ0) is 16.5. The lowest BCUT2D eigenvalue weighted by atomic mass is 10.1. The van der Waals surface area contributed by atoms with E-state index in [-0.39, 0.29) is 5.91 Å². The third kappa shape index (κ3) is 6.74. The molecule has 0 bridgehead atoms. The fraction of sp³-hybridized carbons (Fsp3) is 0.222. The van der Waals surface area contributed by atoms with Crippen LogP contribution in [0.2, 0.25) is 0 Å². The third-order valence-electron chi connectivity index (χ3n) is 3.20. The van der Waals surface area contributed by atoms with Crippen molar-refractivity contribution < 1.29 is 4.79 Å². The lowest BCUT2D eigenvalue weighted by Crippen LogP contribution is -2.21. The summed E-state index contributed by atoms with van der Waals surface area (Å²) < 4.78 is 1.15. The SMILES string of the molecule is C/C(=N/NC(=O)CSCCc1ccccc1)c1cccc(I)c1. The van der Waals surface area contributed by atoms with Crippen molar-refractivity contribution in [3.63, 3.8) is 0 Å². The summed E-state index contributed by atoms with van der Waals surface area (Å²) in [6.07, 6.45) is 0.976. The smallest absolute Gasteiger partial charge is 0.250 e. The molecule has 0 aliphatic rings. The Morgan fingerprint density at radius 2 is 1.96 bits per heavy atom. The number of halogens is 1. The molecule has 5 heteroatoms. The van der Waals surface area contributed by atoms with Crippen molar-refractivity contribution in [1.29, 1.82) is 0 Å². The summed E-state index contributed by atoms with van der Waals surface area (Å²) in [6.45, 7) is 1.90. The lowest BCUT2D eigenvalue weighted by molar-refractivity contribution is -0.118. The summed E-state index contributed by atoms with van der Waals surface area (Å²) >= 11 is 3.89. The average molecular weight is 438 g/mol. The first kappa shape index (κ1) is 18.0. The molecule has 0 saturated heterocycles. The number of carbonyl (C=O) groups excluding carboxylic acids is 1. The number of aryl methyl sites for hydroxylation is 1. The van der Waals surface area contributed by atoms with Crippen LogP contribution in [0.3, 0.4) is 0 Å². The highest BCUT2D eigenvalue weighted by molar-refractivity contribution is 14.1. The van der Waals surface area contributed by atoms with E-state index >= 15 is 0 Å². The van der Waals surface area contributed by atoms with Crippen molar-refractivity contribution in [2.45, 2.75) is 13.3 Å². The van der Waals surface area contributed by atoms with Crippen molar-refractivity contribution in [3.05, 3.63) is 69.3 Å². The molecule has 1 amide bonds. The number of thioether (sulfide) groups is 1. The normalized spacial score (nSPS) is 11.3. The van der Waals surface area contributed by atoms with Gasteiger partial charge in [0.15, 0.2) is 0 Å². The van der Waals surface area contributed by atoms with E-state index in [1.165, 1.54) is 5.56 Å². The Morgan fingerprint density at radius 1 is 1.17 bits per heavy atom. The Hall–Kier alpha value is -1.34. The van der Waals surface area contributed by atoms with Gasteiger partial charge in [-0.3, -0.25) is 4.79 Å². The van der Waals surface area contributed by atoms with E-state index in [9.17, 15) is 4.79 Å². The minimum atomic E-state index is -0.0620. The van der Waals surface area contributed by atoms with Crippen molar-refractivity contribution in [1.82, 2.24) is 5.43 Å².